The van der Waals surface area contributed by atoms with Crippen molar-refractivity contribution in [3.8, 4) is 11.1 Å². The SMILES string of the molecule is [Rh][C]1=Nc2ccccc2-c2ccnc3[nH]cc1c23. The van der Waals surface area contributed by atoms with Crippen LogP contribution in [0.4, 0.5) is 5.69 Å². The topological polar surface area (TPSA) is 41.0 Å². The fraction of sp³-hybridized carbons (Fsp3) is 0. The molecule has 0 radical (unpaired) electrons. The first-order valence-corrected chi connectivity index (χ1v) is 6.44. The van der Waals surface area contributed by atoms with Crippen molar-refractivity contribution in [1.82, 2.24) is 9.97 Å². The second kappa shape index (κ2) is 3.60. The number of aromatic amines is 1. The van der Waals surface area contributed by atoms with E-state index in [4.69, 9.17) is 0 Å². The minimum absolute atomic E-state index is 0.907. The van der Waals surface area contributed by atoms with Crippen LogP contribution < -0.4 is 0 Å². The number of para-hydroxylation sites is 1. The van der Waals surface area contributed by atoms with E-state index in [1.54, 1.807) is 0 Å². The second-order valence-electron chi connectivity index (χ2n) is 4.18. The first-order chi connectivity index (χ1) is 8.84. The summed E-state index contributed by atoms with van der Waals surface area (Å²) in [5.41, 5.74) is 5.34. The number of hydrogen-bond acceptors (Lipinski definition) is 2. The van der Waals surface area contributed by atoms with Gasteiger partial charge >= 0.3 is 114 Å². The Hall–Kier alpha value is -1.80. The van der Waals surface area contributed by atoms with Gasteiger partial charge in [0.1, 0.15) is 0 Å². The number of nitrogens with zero attached hydrogens (tertiary/aromatic N) is 2. The fourth-order valence-electron chi connectivity index (χ4n) is 2.39. The molecule has 1 N–H and O–H groups in total. The van der Waals surface area contributed by atoms with Gasteiger partial charge in [0.05, 0.1) is 0 Å². The van der Waals surface area contributed by atoms with Crippen molar-refractivity contribution in [2.24, 2.45) is 4.99 Å². The van der Waals surface area contributed by atoms with Crippen LogP contribution in [0, 0.1) is 0 Å². The number of fused-ring (bicyclic) bond motifs is 2. The van der Waals surface area contributed by atoms with Gasteiger partial charge in [0, 0.05) is 0 Å². The number of H-pyrrole nitrogens is 1. The number of benzene rings is 1. The Balaban J connectivity index is 2.26. The number of rotatable bonds is 0. The van der Waals surface area contributed by atoms with Crippen molar-refractivity contribution in [3.05, 3.63) is 48.3 Å². The molecule has 4 heteroatoms. The third-order valence-electron chi connectivity index (χ3n) is 3.19. The molecule has 3 nitrogen and oxygen atoms in total. The molecule has 3 heterocycles. The summed E-state index contributed by atoms with van der Waals surface area (Å²) in [6, 6.07) is 10.2. The molecular formula is C14H8N3Rh. The molecule has 0 spiro atoms. The molecule has 0 saturated heterocycles. The van der Waals surface area contributed by atoms with Gasteiger partial charge in [0.15, 0.2) is 0 Å². The van der Waals surface area contributed by atoms with Crippen molar-refractivity contribution in [3.63, 3.8) is 0 Å². The molecule has 3 aromatic rings. The van der Waals surface area contributed by atoms with Crippen molar-refractivity contribution in [2.75, 3.05) is 0 Å². The monoisotopic (exact) mass is 321 g/mol. The van der Waals surface area contributed by atoms with Crippen molar-refractivity contribution < 1.29 is 18.3 Å². The molecule has 18 heavy (non-hydrogen) atoms. The summed E-state index contributed by atoms with van der Waals surface area (Å²) in [6.45, 7) is 0. The third-order valence-corrected chi connectivity index (χ3v) is 3.82. The van der Waals surface area contributed by atoms with Crippen LogP contribution in [-0.4, -0.2) is 14.3 Å². The molecule has 0 saturated carbocycles. The summed E-state index contributed by atoms with van der Waals surface area (Å²) in [7, 11) is 0. The summed E-state index contributed by atoms with van der Waals surface area (Å²) in [4.78, 5) is 12.2. The van der Waals surface area contributed by atoms with E-state index >= 15 is 0 Å². The Labute approximate surface area is 114 Å². The number of aliphatic imine (C=N–C) groups is 1. The predicted octanol–water partition coefficient (Wildman–Crippen LogP) is 3.17. The average molecular weight is 321 g/mol. The molecule has 1 aromatic carbocycles. The van der Waals surface area contributed by atoms with Gasteiger partial charge in [-0.05, 0) is 0 Å². The molecule has 1 aliphatic rings. The van der Waals surface area contributed by atoms with Crippen molar-refractivity contribution in [2.45, 2.75) is 0 Å². The van der Waals surface area contributed by atoms with E-state index in [0.29, 0.717) is 0 Å². The summed E-state index contributed by atoms with van der Waals surface area (Å²) in [5.74, 6) is 0. The van der Waals surface area contributed by atoms with Gasteiger partial charge in [0.2, 0.25) is 0 Å². The Morgan fingerprint density at radius 2 is 1.89 bits per heavy atom. The van der Waals surface area contributed by atoms with Crippen LogP contribution in [0.3, 0.4) is 0 Å². The molecule has 0 amide bonds. The number of pyridine rings is 1. The molecule has 0 unspecified atom stereocenters. The molecule has 0 fully saturated rings. The summed E-state index contributed by atoms with van der Waals surface area (Å²) in [6.07, 6.45) is 3.80. The Morgan fingerprint density at radius 3 is 2.83 bits per heavy atom. The molecule has 2 aromatic heterocycles. The van der Waals surface area contributed by atoms with E-state index in [0.717, 1.165) is 32.2 Å². The zero-order valence-corrected chi connectivity index (χ0v) is 10.9. The van der Waals surface area contributed by atoms with Crippen LogP contribution in [0.2, 0.25) is 0 Å². The molecule has 0 bridgehead atoms. The Kier molecular flexibility index (Phi) is 2.03. The van der Waals surface area contributed by atoms with E-state index in [1.807, 2.05) is 36.7 Å². The van der Waals surface area contributed by atoms with Gasteiger partial charge in [-0.1, -0.05) is 0 Å². The van der Waals surface area contributed by atoms with E-state index in [2.05, 4.69) is 39.3 Å². The normalized spacial score (nSPS) is 13.1. The molecule has 1 aliphatic heterocycles. The maximum absolute atomic E-state index is 4.67. The van der Waals surface area contributed by atoms with E-state index < -0.39 is 0 Å². The van der Waals surface area contributed by atoms with Crippen LogP contribution in [0.5, 0.6) is 0 Å². The number of nitrogens with one attached hydrogen (secondary N) is 1. The van der Waals surface area contributed by atoms with Gasteiger partial charge in [0.25, 0.3) is 0 Å². The van der Waals surface area contributed by atoms with E-state index in [-0.39, 0.29) is 0 Å². The van der Waals surface area contributed by atoms with Gasteiger partial charge in [-0.25, -0.2) is 0 Å². The van der Waals surface area contributed by atoms with Crippen LogP contribution in [0.1, 0.15) is 5.56 Å². The summed E-state index contributed by atoms with van der Waals surface area (Å²) in [5, 5.41) is 1.14. The second-order valence-corrected chi connectivity index (χ2v) is 4.96. The minimum atomic E-state index is 0.907. The van der Waals surface area contributed by atoms with E-state index in [1.165, 1.54) is 5.56 Å². The Bertz CT molecular complexity index is 802. The van der Waals surface area contributed by atoms with Gasteiger partial charge < -0.3 is 0 Å². The zero-order chi connectivity index (χ0) is 12.1. The number of aromatic nitrogens is 2. The summed E-state index contributed by atoms with van der Waals surface area (Å²) < 4.78 is 0.918. The standard InChI is InChI=1S/C14H8N3.Rh/c1-2-4-12-10(3-1)11-5-6-15-14-13(11)9(7-16-12)8-17-14;/h1-6,8H,(H,15,17);. The van der Waals surface area contributed by atoms with Crippen LogP contribution in [0.25, 0.3) is 22.2 Å². The zero-order valence-electron chi connectivity index (χ0n) is 9.27. The van der Waals surface area contributed by atoms with Crippen LogP contribution in [-0.2, 0) is 18.3 Å². The molecular weight excluding hydrogens is 313 g/mol. The average Bonchev–Trinajstić information content (AvgIpc) is 2.78. The molecule has 4 rings (SSSR count). The first kappa shape index (κ1) is 10.2. The molecule has 88 valence electrons. The number of hydrogen-bond donors (Lipinski definition) is 1. The van der Waals surface area contributed by atoms with Gasteiger partial charge in [-0.15, -0.1) is 0 Å². The van der Waals surface area contributed by atoms with E-state index in [9.17, 15) is 0 Å². The van der Waals surface area contributed by atoms with Crippen LogP contribution in [0.15, 0.2) is 47.7 Å². The van der Waals surface area contributed by atoms with Crippen molar-refractivity contribution in [1.29, 1.82) is 0 Å². The fourth-order valence-corrected chi connectivity index (χ4v) is 2.91. The molecule has 0 atom stereocenters. The van der Waals surface area contributed by atoms with Gasteiger partial charge in [-0.2, -0.15) is 0 Å². The third kappa shape index (κ3) is 1.27. The maximum atomic E-state index is 4.67. The quantitative estimate of drug-likeness (QED) is 0.635. The van der Waals surface area contributed by atoms with Crippen molar-refractivity contribution >= 4 is 21.0 Å². The first-order valence-electron chi connectivity index (χ1n) is 5.62. The summed E-state index contributed by atoms with van der Waals surface area (Å²) >= 11 is 2.93. The van der Waals surface area contributed by atoms with Gasteiger partial charge in [-0.3, -0.25) is 0 Å². The molecule has 0 aliphatic carbocycles. The predicted molar refractivity (Wildman–Crippen MR) is 67.7 cm³/mol. The van der Waals surface area contributed by atoms with Crippen LogP contribution >= 0.6 is 0 Å². The Morgan fingerprint density at radius 1 is 1.00 bits per heavy atom.